The summed E-state index contributed by atoms with van der Waals surface area (Å²) in [5.41, 5.74) is 0. The molecule has 0 radical (unpaired) electrons. The summed E-state index contributed by atoms with van der Waals surface area (Å²) in [6.07, 6.45) is 1.32. The van der Waals surface area contributed by atoms with Gasteiger partial charge in [0, 0.05) is 5.92 Å². The van der Waals surface area contributed by atoms with Crippen molar-refractivity contribution in [3.05, 3.63) is 0 Å². The Kier molecular flexibility index (Phi) is 13.9. The molecule has 2 fully saturated rings. The van der Waals surface area contributed by atoms with Crippen molar-refractivity contribution >= 4 is 0 Å². The minimum Gasteiger partial charge on any atom is -0.394 e. The van der Waals surface area contributed by atoms with Gasteiger partial charge in [0.2, 0.25) is 0 Å². The van der Waals surface area contributed by atoms with E-state index in [0.717, 1.165) is 12.8 Å². The van der Waals surface area contributed by atoms with Gasteiger partial charge in [-0.1, -0.05) is 72.1 Å². The molecule has 208 valence electrons. The van der Waals surface area contributed by atoms with Gasteiger partial charge in [0.1, 0.15) is 30.5 Å². The topological polar surface area (TPSA) is 138 Å². The molecule has 0 aromatic carbocycles. The van der Waals surface area contributed by atoms with Gasteiger partial charge in [-0.05, 0) is 19.8 Å². The quantitative estimate of drug-likeness (QED) is 0.212. The van der Waals surface area contributed by atoms with Crippen molar-refractivity contribution < 1.29 is 44.5 Å². The summed E-state index contributed by atoms with van der Waals surface area (Å²) in [6, 6.07) is 0. The molecule has 0 aromatic heterocycles. The van der Waals surface area contributed by atoms with Crippen molar-refractivity contribution in [1.82, 2.24) is 0 Å². The first-order valence-electron chi connectivity index (χ1n) is 13.7. The predicted molar refractivity (Wildman–Crippen MR) is 131 cm³/mol. The fourth-order valence-electron chi connectivity index (χ4n) is 4.91. The Labute approximate surface area is 210 Å². The summed E-state index contributed by atoms with van der Waals surface area (Å²) >= 11 is 0. The van der Waals surface area contributed by atoms with Crippen LogP contribution in [-0.2, 0) is 18.9 Å². The maximum atomic E-state index is 11.0. The van der Waals surface area contributed by atoms with Gasteiger partial charge in [-0.25, -0.2) is 0 Å². The van der Waals surface area contributed by atoms with Crippen LogP contribution in [0.1, 0.15) is 91.9 Å². The third kappa shape index (κ3) is 8.86. The highest BCUT2D eigenvalue weighted by Gasteiger charge is 2.49. The summed E-state index contributed by atoms with van der Waals surface area (Å²) in [5.74, 6) is -0.456. The van der Waals surface area contributed by atoms with E-state index in [0.29, 0.717) is 6.42 Å². The molecule has 35 heavy (non-hydrogen) atoms. The van der Waals surface area contributed by atoms with E-state index in [4.69, 9.17) is 18.9 Å². The van der Waals surface area contributed by atoms with Crippen LogP contribution in [0.5, 0.6) is 0 Å². The Balaban J connectivity index is 1.84. The predicted octanol–water partition coefficient (Wildman–Crippen LogP) is 2.24. The Morgan fingerprint density at radius 2 is 1.34 bits per heavy atom. The van der Waals surface area contributed by atoms with Crippen LogP contribution in [0.25, 0.3) is 0 Å². The molecule has 2 aliphatic rings. The average molecular weight is 507 g/mol. The maximum absolute atomic E-state index is 11.0. The SMILES string of the molecule is CCCCCCCCCCC(C)OC1OC(CO)C(OC2OC(CC)C(O)C(O)C2O)C(O)C1C. The van der Waals surface area contributed by atoms with Crippen LogP contribution in [0.3, 0.4) is 0 Å². The van der Waals surface area contributed by atoms with Gasteiger partial charge < -0.3 is 44.5 Å². The van der Waals surface area contributed by atoms with Gasteiger partial charge >= 0.3 is 0 Å². The number of aliphatic hydroxyl groups is 5. The van der Waals surface area contributed by atoms with Crippen LogP contribution >= 0.6 is 0 Å². The highest BCUT2D eigenvalue weighted by Crippen LogP contribution is 2.33. The van der Waals surface area contributed by atoms with Crippen molar-refractivity contribution in [2.24, 2.45) is 5.92 Å². The van der Waals surface area contributed by atoms with Gasteiger partial charge in [0.05, 0.1) is 24.9 Å². The number of hydrogen-bond acceptors (Lipinski definition) is 9. The number of rotatable bonds is 15. The van der Waals surface area contributed by atoms with Crippen LogP contribution in [0.15, 0.2) is 0 Å². The molecule has 2 rings (SSSR count). The molecule has 2 saturated heterocycles. The number of aliphatic hydroxyl groups excluding tert-OH is 5. The first-order chi connectivity index (χ1) is 16.7. The van der Waals surface area contributed by atoms with Crippen molar-refractivity contribution in [2.45, 2.75) is 153 Å². The monoisotopic (exact) mass is 506 g/mol. The van der Waals surface area contributed by atoms with Crippen LogP contribution in [0.2, 0.25) is 0 Å². The summed E-state index contributed by atoms with van der Waals surface area (Å²) < 4.78 is 23.5. The normalized spacial score (nSPS) is 39.0. The summed E-state index contributed by atoms with van der Waals surface area (Å²) in [7, 11) is 0. The first-order valence-corrected chi connectivity index (χ1v) is 13.7. The lowest BCUT2D eigenvalue weighted by molar-refractivity contribution is -0.354. The van der Waals surface area contributed by atoms with E-state index >= 15 is 0 Å². The molecule has 0 bridgehead atoms. The maximum Gasteiger partial charge on any atom is 0.187 e. The second-order valence-electron chi connectivity index (χ2n) is 10.3. The van der Waals surface area contributed by atoms with Gasteiger partial charge in [0.15, 0.2) is 12.6 Å². The lowest BCUT2D eigenvalue weighted by Gasteiger charge is -2.47. The molecule has 0 spiro atoms. The zero-order chi connectivity index (χ0) is 26.0. The Morgan fingerprint density at radius 3 is 1.94 bits per heavy atom. The van der Waals surface area contributed by atoms with Gasteiger partial charge in [0.25, 0.3) is 0 Å². The zero-order valence-corrected chi connectivity index (χ0v) is 22.0. The van der Waals surface area contributed by atoms with E-state index in [1.165, 1.54) is 44.9 Å². The van der Waals surface area contributed by atoms with E-state index in [-0.39, 0.29) is 6.10 Å². The van der Waals surface area contributed by atoms with Crippen molar-refractivity contribution in [1.29, 1.82) is 0 Å². The molecule has 0 aromatic rings. The lowest BCUT2D eigenvalue weighted by atomic mass is 9.91. The lowest BCUT2D eigenvalue weighted by Crippen LogP contribution is -2.62. The molecule has 0 saturated carbocycles. The van der Waals surface area contributed by atoms with Crippen molar-refractivity contribution in [3.8, 4) is 0 Å². The molecule has 2 aliphatic heterocycles. The van der Waals surface area contributed by atoms with E-state index in [1.54, 1.807) is 13.8 Å². The Morgan fingerprint density at radius 1 is 0.743 bits per heavy atom. The standard InChI is InChI=1S/C26H50O9/c1-5-7-8-9-10-11-12-13-14-16(3)32-25-17(4)20(28)24(19(15-27)34-25)35-26-23(31)22(30)21(29)18(6-2)33-26/h16-31H,5-15H2,1-4H3. The Hall–Kier alpha value is -0.360. The first kappa shape index (κ1) is 30.9. The Bertz CT molecular complexity index is 561. The molecule has 5 N–H and O–H groups in total. The molecule has 2 heterocycles. The third-order valence-corrected chi connectivity index (χ3v) is 7.35. The third-order valence-electron chi connectivity index (χ3n) is 7.35. The summed E-state index contributed by atoms with van der Waals surface area (Å²) in [4.78, 5) is 0. The average Bonchev–Trinajstić information content (AvgIpc) is 2.85. The fourth-order valence-corrected chi connectivity index (χ4v) is 4.91. The van der Waals surface area contributed by atoms with Gasteiger partial charge in [-0.2, -0.15) is 0 Å². The van der Waals surface area contributed by atoms with E-state index < -0.39 is 67.8 Å². The van der Waals surface area contributed by atoms with Gasteiger partial charge in [-0.3, -0.25) is 0 Å². The van der Waals surface area contributed by atoms with Crippen LogP contribution < -0.4 is 0 Å². The second-order valence-corrected chi connectivity index (χ2v) is 10.3. The molecule has 11 unspecified atom stereocenters. The van der Waals surface area contributed by atoms with E-state index in [9.17, 15) is 25.5 Å². The number of unbranched alkanes of at least 4 members (excludes halogenated alkanes) is 7. The molecule has 11 atom stereocenters. The second kappa shape index (κ2) is 15.8. The summed E-state index contributed by atoms with van der Waals surface area (Å²) in [5, 5.41) is 51.4. The highest BCUT2D eigenvalue weighted by molar-refractivity contribution is 4.93. The van der Waals surface area contributed by atoms with Crippen LogP contribution in [0.4, 0.5) is 0 Å². The smallest absolute Gasteiger partial charge is 0.187 e. The largest absolute Gasteiger partial charge is 0.394 e. The molecular weight excluding hydrogens is 456 g/mol. The highest BCUT2D eigenvalue weighted by atomic mass is 16.7. The minimum absolute atomic E-state index is 0.0583. The van der Waals surface area contributed by atoms with E-state index in [1.807, 2.05) is 6.92 Å². The van der Waals surface area contributed by atoms with Crippen molar-refractivity contribution in [2.75, 3.05) is 6.61 Å². The molecule has 0 aliphatic carbocycles. The molecule has 0 amide bonds. The van der Waals surface area contributed by atoms with Gasteiger partial charge in [-0.15, -0.1) is 0 Å². The summed E-state index contributed by atoms with van der Waals surface area (Å²) in [6.45, 7) is 7.36. The fraction of sp³-hybridized carbons (Fsp3) is 1.00. The van der Waals surface area contributed by atoms with E-state index in [2.05, 4.69) is 6.92 Å². The number of hydrogen-bond donors (Lipinski definition) is 5. The van der Waals surface area contributed by atoms with Crippen LogP contribution in [0, 0.1) is 5.92 Å². The van der Waals surface area contributed by atoms with Crippen LogP contribution in [-0.4, -0.2) is 93.6 Å². The molecular formula is C26H50O9. The zero-order valence-electron chi connectivity index (χ0n) is 22.0. The number of ether oxygens (including phenoxy) is 4. The molecule has 9 nitrogen and oxygen atoms in total. The minimum atomic E-state index is -1.50. The van der Waals surface area contributed by atoms with Crippen molar-refractivity contribution in [3.63, 3.8) is 0 Å². The molecule has 9 heteroatoms.